The molecule has 0 fully saturated rings. The van der Waals surface area contributed by atoms with Crippen LogP contribution in [0.15, 0.2) is 18.5 Å². The van der Waals surface area contributed by atoms with E-state index in [0.29, 0.717) is 11.8 Å². The minimum absolute atomic E-state index is 0.316. The third-order valence-corrected chi connectivity index (χ3v) is 4.78. The van der Waals surface area contributed by atoms with Gasteiger partial charge in [0.1, 0.15) is 10.8 Å². The first-order valence-electron chi connectivity index (χ1n) is 6.63. The molecule has 102 valence electrons. The first kappa shape index (κ1) is 14.1. The molecule has 2 aromatic heterocycles. The molecule has 0 N–H and O–H groups in total. The monoisotopic (exact) mass is 278 g/mol. The number of hydrogen-bond acceptors (Lipinski definition) is 3. The summed E-state index contributed by atoms with van der Waals surface area (Å²) in [6.45, 7) is 8.77. The van der Waals surface area contributed by atoms with Crippen molar-refractivity contribution >= 4 is 11.3 Å². The zero-order valence-corrected chi connectivity index (χ0v) is 12.6. The Balaban J connectivity index is 2.44. The molecule has 2 aromatic rings. The molecular weight excluding hydrogens is 259 g/mol. The molecule has 1 unspecified atom stereocenters. The lowest BCUT2D eigenvalue weighted by Crippen LogP contribution is -2.02. The van der Waals surface area contributed by atoms with Gasteiger partial charge in [0, 0.05) is 16.6 Å². The smallest absolute Gasteiger partial charge is 0.142 e. The normalized spacial score (nSPS) is 12.9. The van der Waals surface area contributed by atoms with E-state index in [1.165, 1.54) is 17.1 Å². The van der Waals surface area contributed by atoms with Gasteiger partial charge in [-0.1, -0.05) is 27.7 Å². The van der Waals surface area contributed by atoms with Crippen LogP contribution in [0.25, 0.3) is 10.6 Å². The van der Waals surface area contributed by atoms with Crippen LogP contribution in [0.1, 0.15) is 44.2 Å². The molecule has 19 heavy (non-hydrogen) atoms. The van der Waals surface area contributed by atoms with E-state index in [0.717, 1.165) is 22.7 Å². The fourth-order valence-corrected chi connectivity index (χ4v) is 3.29. The van der Waals surface area contributed by atoms with Crippen LogP contribution in [-0.2, 0) is 6.42 Å². The van der Waals surface area contributed by atoms with Crippen molar-refractivity contribution in [3.63, 3.8) is 0 Å². The fraction of sp³-hybridized carbons (Fsp3) is 0.467. The Kier molecular flexibility index (Phi) is 4.30. The van der Waals surface area contributed by atoms with Gasteiger partial charge < -0.3 is 0 Å². The fourth-order valence-electron chi connectivity index (χ4n) is 1.93. The van der Waals surface area contributed by atoms with Crippen LogP contribution >= 0.6 is 11.3 Å². The molecular formula is C15H19FN2S. The molecule has 0 bridgehead atoms. The van der Waals surface area contributed by atoms with Crippen molar-refractivity contribution in [3.05, 3.63) is 34.8 Å². The highest BCUT2D eigenvalue weighted by atomic mass is 32.1. The van der Waals surface area contributed by atoms with E-state index < -0.39 is 0 Å². The van der Waals surface area contributed by atoms with Crippen LogP contribution in [-0.4, -0.2) is 9.97 Å². The van der Waals surface area contributed by atoms with Gasteiger partial charge in [-0.3, -0.25) is 4.98 Å². The number of aromatic nitrogens is 2. The molecule has 0 spiro atoms. The summed E-state index contributed by atoms with van der Waals surface area (Å²) in [7, 11) is 0. The van der Waals surface area contributed by atoms with E-state index in [1.807, 2.05) is 0 Å². The summed E-state index contributed by atoms with van der Waals surface area (Å²) in [5.41, 5.74) is 1.90. The molecule has 2 heterocycles. The summed E-state index contributed by atoms with van der Waals surface area (Å²) in [6.07, 6.45) is 3.80. The van der Waals surface area contributed by atoms with Gasteiger partial charge in [-0.2, -0.15) is 0 Å². The van der Waals surface area contributed by atoms with Crippen molar-refractivity contribution in [3.8, 4) is 10.6 Å². The Morgan fingerprint density at radius 1 is 1.26 bits per heavy atom. The summed E-state index contributed by atoms with van der Waals surface area (Å²) < 4.78 is 13.2. The van der Waals surface area contributed by atoms with Gasteiger partial charge in [-0.15, -0.1) is 11.3 Å². The SMILES string of the molecule is CCc1nc(-c2cncc(F)c2)sc1C(C)C(C)C. The first-order chi connectivity index (χ1) is 9.02. The van der Waals surface area contributed by atoms with Crippen molar-refractivity contribution in [1.29, 1.82) is 0 Å². The average molecular weight is 278 g/mol. The maximum atomic E-state index is 13.2. The molecule has 0 saturated heterocycles. The summed E-state index contributed by atoms with van der Waals surface area (Å²) in [4.78, 5) is 9.87. The Labute approximate surface area is 117 Å². The van der Waals surface area contributed by atoms with Crippen molar-refractivity contribution in [2.24, 2.45) is 5.92 Å². The quantitative estimate of drug-likeness (QED) is 0.812. The highest BCUT2D eigenvalue weighted by Gasteiger charge is 2.19. The standard InChI is InChI=1S/C15H19FN2S/c1-5-13-14(10(4)9(2)3)19-15(18-13)11-6-12(16)8-17-7-11/h6-10H,5H2,1-4H3. The molecule has 2 rings (SSSR count). The molecule has 0 saturated carbocycles. The molecule has 1 atom stereocenters. The highest BCUT2D eigenvalue weighted by molar-refractivity contribution is 7.15. The lowest BCUT2D eigenvalue weighted by molar-refractivity contribution is 0.538. The summed E-state index contributed by atoms with van der Waals surface area (Å²) in [6, 6.07) is 1.50. The largest absolute Gasteiger partial charge is 0.261 e. The van der Waals surface area contributed by atoms with Gasteiger partial charge in [0.25, 0.3) is 0 Å². The third kappa shape index (κ3) is 3.00. The van der Waals surface area contributed by atoms with Gasteiger partial charge in [0.2, 0.25) is 0 Å². The average Bonchev–Trinajstić information content (AvgIpc) is 2.81. The summed E-state index contributed by atoms with van der Waals surface area (Å²) in [5.74, 6) is 0.733. The zero-order chi connectivity index (χ0) is 14.0. The van der Waals surface area contributed by atoms with E-state index in [-0.39, 0.29) is 5.82 Å². The molecule has 4 heteroatoms. The number of pyridine rings is 1. The lowest BCUT2D eigenvalue weighted by Gasteiger charge is -2.14. The topological polar surface area (TPSA) is 25.8 Å². The predicted molar refractivity (Wildman–Crippen MR) is 77.9 cm³/mol. The van der Waals surface area contributed by atoms with E-state index in [1.54, 1.807) is 17.5 Å². The van der Waals surface area contributed by atoms with Crippen LogP contribution in [0.2, 0.25) is 0 Å². The van der Waals surface area contributed by atoms with Crippen LogP contribution in [0.5, 0.6) is 0 Å². The number of thiazole rings is 1. The van der Waals surface area contributed by atoms with Crippen LogP contribution < -0.4 is 0 Å². The molecule has 2 nitrogen and oxygen atoms in total. The molecule has 0 amide bonds. The number of aryl methyl sites for hydroxylation is 1. The van der Waals surface area contributed by atoms with Gasteiger partial charge >= 0.3 is 0 Å². The Bertz CT molecular complexity index is 563. The van der Waals surface area contributed by atoms with Crippen molar-refractivity contribution in [1.82, 2.24) is 9.97 Å². The van der Waals surface area contributed by atoms with Crippen LogP contribution in [0.4, 0.5) is 4.39 Å². The second kappa shape index (κ2) is 5.78. The third-order valence-electron chi connectivity index (χ3n) is 3.43. The summed E-state index contributed by atoms with van der Waals surface area (Å²) >= 11 is 1.66. The Morgan fingerprint density at radius 3 is 2.58 bits per heavy atom. The minimum atomic E-state index is -0.316. The van der Waals surface area contributed by atoms with E-state index in [9.17, 15) is 4.39 Å². The minimum Gasteiger partial charge on any atom is -0.261 e. The van der Waals surface area contributed by atoms with Crippen molar-refractivity contribution < 1.29 is 4.39 Å². The van der Waals surface area contributed by atoms with E-state index in [2.05, 4.69) is 37.7 Å². The molecule has 0 aliphatic rings. The second-order valence-corrected chi connectivity index (χ2v) is 6.14. The van der Waals surface area contributed by atoms with Gasteiger partial charge in [-0.25, -0.2) is 9.37 Å². The number of nitrogens with zero attached hydrogens (tertiary/aromatic N) is 2. The lowest BCUT2D eigenvalue weighted by atomic mass is 9.95. The Hall–Kier alpha value is -1.29. The number of hydrogen-bond donors (Lipinski definition) is 0. The van der Waals surface area contributed by atoms with E-state index in [4.69, 9.17) is 0 Å². The summed E-state index contributed by atoms with van der Waals surface area (Å²) in [5, 5.41) is 0.867. The zero-order valence-electron chi connectivity index (χ0n) is 11.8. The van der Waals surface area contributed by atoms with E-state index >= 15 is 0 Å². The molecule has 0 aliphatic heterocycles. The van der Waals surface area contributed by atoms with Crippen LogP contribution in [0, 0.1) is 11.7 Å². The number of rotatable bonds is 4. The molecule has 0 aliphatic carbocycles. The van der Waals surface area contributed by atoms with Gasteiger partial charge in [0.15, 0.2) is 0 Å². The number of halogens is 1. The van der Waals surface area contributed by atoms with Gasteiger partial charge in [0.05, 0.1) is 11.9 Å². The maximum absolute atomic E-state index is 13.2. The van der Waals surface area contributed by atoms with Crippen LogP contribution in [0.3, 0.4) is 0 Å². The first-order valence-corrected chi connectivity index (χ1v) is 7.45. The predicted octanol–water partition coefficient (Wildman–Crippen LogP) is 4.67. The van der Waals surface area contributed by atoms with Gasteiger partial charge in [-0.05, 0) is 24.3 Å². The highest BCUT2D eigenvalue weighted by Crippen LogP contribution is 2.36. The Morgan fingerprint density at radius 2 is 2.00 bits per heavy atom. The van der Waals surface area contributed by atoms with Crippen molar-refractivity contribution in [2.45, 2.75) is 40.0 Å². The van der Waals surface area contributed by atoms with Crippen molar-refractivity contribution in [2.75, 3.05) is 0 Å². The molecule has 0 aromatic carbocycles. The maximum Gasteiger partial charge on any atom is 0.142 e. The second-order valence-electron chi connectivity index (χ2n) is 5.11. The molecule has 0 radical (unpaired) electrons.